The van der Waals surface area contributed by atoms with E-state index in [0.717, 1.165) is 102 Å². The quantitative estimate of drug-likeness (QED) is 0.0359. The molecule has 0 bridgehead atoms. The van der Waals surface area contributed by atoms with E-state index < -0.39 is 0 Å². The van der Waals surface area contributed by atoms with Crippen molar-refractivity contribution in [3.63, 3.8) is 0 Å². The summed E-state index contributed by atoms with van der Waals surface area (Å²) in [6, 6.07) is 93.5. The van der Waals surface area contributed by atoms with E-state index in [0.29, 0.717) is 13.2 Å². The monoisotopic (exact) mass is 1730 g/mol. The van der Waals surface area contributed by atoms with Crippen molar-refractivity contribution in [2.24, 2.45) is 10.8 Å². The maximum Gasteiger partial charge on any atom is 0.127 e. The highest BCUT2D eigenvalue weighted by Gasteiger charge is 2.46. The van der Waals surface area contributed by atoms with E-state index in [9.17, 15) is 0 Å². The Bertz CT molecular complexity index is 5910. The fourth-order valence-corrected chi connectivity index (χ4v) is 21.1. The number of anilines is 6. The van der Waals surface area contributed by atoms with Gasteiger partial charge in [0, 0.05) is 56.1 Å². The van der Waals surface area contributed by atoms with Crippen molar-refractivity contribution in [3.8, 4) is 56.0 Å². The first-order valence-electron chi connectivity index (χ1n) is 49.5. The Balaban J connectivity index is 0.755. The lowest BCUT2D eigenvalue weighted by molar-refractivity contribution is 0.212. The minimum absolute atomic E-state index is 0.0115. The Morgan fingerprint density at radius 3 is 1.05 bits per heavy atom. The highest BCUT2D eigenvalue weighted by atomic mass is 16.5. The zero-order valence-corrected chi connectivity index (χ0v) is 83.5. The number of aryl methyl sites for hydroxylation is 6. The van der Waals surface area contributed by atoms with E-state index in [4.69, 9.17) is 9.47 Å². The van der Waals surface area contributed by atoms with Crippen LogP contribution in [0.2, 0.25) is 0 Å². The van der Waals surface area contributed by atoms with Crippen LogP contribution in [0.15, 0.2) is 256 Å². The van der Waals surface area contributed by atoms with Crippen LogP contribution in [-0.4, -0.2) is 13.2 Å². The topological polar surface area (TPSA) is 24.9 Å². The normalized spacial score (nSPS) is 15.0. The van der Waals surface area contributed by atoms with Crippen LogP contribution in [-0.2, 0) is 45.3 Å². The average Bonchev–Trinajstić information content (AvgIpc) is 1.56. The number of benzene rings is 12. The minimum Gasteiger partial charge on any atom is -0.493 e. The van der Waals surface area contributed by atoms with Gasteiger partial charge in [-0.1, -0.05) is 373 Å². The van der Waals surface area contributed by atoms with Crippen LogP contribution >= 0.6 is 0 Å². The largest absolute Gasteiger partial charge is 0.493 e. The molecular formula is C126H152N2O2. The molecule has 0 aromatic heterocycles. The van der Waals surface area contributed by atoms with Gasteiger partial charge in [-0.05, 0) is 318 Å². The second-order valence-corrected chi connectivity index (χ2v) is 43.1. The maximum atomic E-state index is 7.28. The predicted molar refractivity (Wildman–Crippen MR) is 564 cm³/mol. The number of hydrogen-bond donors (Lipinski definition) is 0. The van der Waals surface area contributed by atoms with Crippen molar-refractivity contribution >= 4 is 46.3 Å². The highest BCUT2D eigenvalue weighted by molar-refractivity contribution is 5.88. The average molecular weight is 1730 g/mol. The lowest BCUT2D eigenvalue weighted by Gasteiger charge is -2.43. The van der Waals surface area contributed by atoms with Gasteiger partial charge in [-0.25, -0.2) is 0 Å². The molecule has 678 valence electrons. The van der Waals surface area contributed by atoms with Gasteiger partial charge in [0.25, 0.3) is 0 Å². The molecule has 0 N–H and O–H groups in total. The van der Waals surface area contributed by atoms with Crippen molar-refractivity contribution < 1.29 is 9.47 Å². The van der Waals surface area contributed by atoms with Crippen molar-refractivity contribution in [1.29, 1.82) is 0 Å². The molecule has 2 aliphatic rings. The Labute approximate surface area is 785 Å². The zero-order valence-electron chi connectivity index (χ0n) is 83.5. The second kappa shape index (κ2) is 39.4. The maximum absolute atomic E-state index is 7.28. The van der Waals surface area contributed by atoms with Crippen LogP contribution in [0.5, 0.6) is 11.5 Å². The van der Waals surface area contributed by atoms with Crippen LogP contribution in [0.1, 0.15) is 316 Å². The predicted octanol–water partition coefficient (Wildman–Crippen LogP) is 36.5. The molecule has 0 heterocycles. The number of rotatable bonds is 39. The van der Waals surface area contributed by atoms with Gasteiger partial charge in [-0.3, -0.25) is 0 Å². The highest BCUT2D eigenvalue weighted by Crippen LogP contribution is 2.59. The van der Waals surface area contributed by atoms with Gasteiger partial charge in [-0.2, -0.15) is 0 Å². The number of para-hydroxylation sites is 2. The summed E-state index contributed by atoms with van der Waals surface area (Å²) in [6.45, 7) is 61.8. The van der Waals surface area contributed by atoms with E-state index in [2.05, 4.69) is 418 Å². The van der Waals surface area contributed by atoms with Crippen molar-refractivity contribution in [2.75, 3.05) is 23.0 Å². The molecule has 2 atom stereocenters. The van der Waals surface area contributed by atoms with Gasteiger partial charge in [0.1, 0.15) is 11.5 Å². The molecule has 0 saturated carbocycles. The van der Waals surface area contributed by atoms with E-state index >= 15 is 0 Å². The van der Waals surface area contributed by atoms with E-state index in [1.54, 1.807) is 0 Å². The summed E-state index contributed by atoms with van der Waals surface area (Å²) >= 11 is 0. The van der Waals surface area contributed by atoms with Gasteiger partial charge < -0.3 is 19.3 Å². The van der Waals surface area contributed by atoms with Crippen LogP contribution in [0, 0.1) is 38.5 Å². The molecule has 0 saturated heterocycles. The molecule has 0 aliphatic heterocycles. The third-order valence-electron chi connectivity index (χ3n) is 32.1. The van der Waals surface area contributed by atoms with E-state index in [-0.39, 0.29) is 43.3 Å². The molecule has 0 radical (unpaired) electrons. The Morgan fingerprint density at radius 1 is 0.300 bits per heavy atom. The fraction of sp³-hybridized carbons (Fsp3) is 0.397. The Morgan fingerprint density at radius 2 is 0.631 bits per heavy atom. The molecule has 2 unspecified atom stereocenters. The Kier molecular flexibility index (Phi) is 28.9. The van der Waals surface area contributed by atoms with Crippen LogP contribution in [0.4, 0.5) is 34.1 Å². The molecule has 12 aromatic carbocycles. The van der Waals surface area contributed by atoms with Gasteiger partial charge in [0.15, 0.2) is 0 Å². The third-order valence-corrected chi connectivity index (χ3v) is 32.1. The van der Waals surface area contributed by atoms with E-state index in [1.165, 1.54) is 193 Å². The summed E-state index contributed by atoms with van der Waals surface area (Å²) in [7, 11) is 0. The summed E-state index contributed by atoms with van der Waals surface area (Å²) in [4.78, 5) is 4.81. The van der Waals surface area contributed by atoms with Crippen molar-refractivity contribution in [1.82, 2.24) is 0 Å². The lowest BCUT2D eigenvalue weighted by Crippen LogP contribution is -2.40. The molecule has 2 aliphatic carbocycles. The van der Waals surface area contributed by atoms with Gasteiger partial charge in [-0.15, -0.1) is 0 Å². The fourth-order valence-electron chi connectivity index (χ4n) is 21.1. The number of fused-ring (bicyclic) bond motifs is 6. The third kappa shape index (κ3) is 19.4. The van der Waals surface area contributed by atoms with E-state index in [1.807, 2.05) is 12.2 Å². The number of nitrogens with zero attached hydrogens (tertiary/aromatic N) is 2. The number of ether oxygens (including phenoxy) is 2. The van der Waals surface area contributed by atoms with Crippen molar-refractivity contribution in [2.45, 2.75) is 300 Å². The Hall–Kier alpha value is -10.7. The summed E-state index contributed by atoms with van der Waals surface area (Å²) in [5, 5.41) is 0. The lowest BCUT2D eigenvalue weighted by atomic mass is 9.60. The standard InChI is InChI=1S/C126H152N2O2/c1-25-29-31-33-35-43-73-125(23)112-81-94(55-69-107(112)109-71-59-97(83-114(109)125)121(15,16)119(9,10)11)93-53-61-101(62-54-93)127(99-49-39-37-40-50-99)103-65-67-104(68-66-103)128(100-51-41-38-42-52-100)102-63-57-96(58-64-102)122(17,18)123(19,20)98-60-72-110-108-70-56-95(82-113(108)126(24,115(110)84-98)74-44-36-34-32-30-26-2)111-85-118(130-76-46-48-92-79-89(7)106(28-4)90(8)80-92)116(124(21,22)120(12,13)14)86-117(111)129-75-45-47-91-77-87(5)105(27-3)88(6)78-91/h27-28,37-42,49-72,77-86H,3-4,25-26,29-36,43-48,73-76H2,1-2,5-24H3. The number of unbranched alkanes of at least 4 members (excludes halogenated alkanes) is 10. The molecular weight excluding hydrogens is 1570 g/mol. The van der Waals surface area contributed by atoms with Crippen LogP contribution in [0.25, 0.3) is 56.7 Å². The molecule has 4 heteroatoms. The minimum atomic E-state index is -0.297. The molecule has 0 spiro atoms. The molecule has 130 heavy (non-hydrogen) atoms. The van der Waals surface area contributed by atoms with Gasteiger partial charge >= 0.3 is 0 Å². The molecule has 4 nitrogen and oxygen atoms in total. The van der Waals surface area contributed by atoms with Gasteiger partial charge in [0.05, 0.1) is 13.2 Å². The smallest absolute Gasteiger partial charge is 0.127 e. The van der Waals surface area contributed by atoms with Crippen LogP contribution < -0.4 is 19.3 Å². The van der Waals surface area contributed by atoms with Gasteiger partial charge in [0.2, 0.25) is 0 Å². The first kappa shape index (κ1) is 95.4. The first-order valence-corrected chi connectivity index (χ1v) is 49.5. The summed E-state index contributed by atoms with van der Waals surface area (Å²) < 4.78 is 14.5. The zero-order chi connectivity index (χ0) is 92.9. The number of hydrogen-bond acceptors (Lipinski definition) is 4. The molecule has 14 rings (SSSR count). The summed E-state index contributed by atoms with van der Waals surface area (Å²) in [5.74, 6) is 1.85. The molecule has 12 aromatic rings. The second-order valence-electron chi connectivity index (χ2n) is 43.1. The van der Waals surface area contributed by atoms with Crippen molar-refractivity contribution in [3.05, 3.63) is 345 Å². The summed E-state index contributed by atoms with van der Waals surface area (Å²) in [5.41, 5.74) is 36.9. The van der Waals surface area contributed by atoms with Crippen LogP contribution in [0.3, 0.4) is 0 Å². The molecule has 0 fully saturated rings. The SMILES string of the molecule is C=Cc1c(C)cc(CCCOc2cc(C(C)(C)C(C)(C)C)c(OCCCc3cc(C)c(C=C)c(C)c3)cc2-c2ccc3c(c2)C(C)(CCCCCCCC)c2cc(C(C)(C)C(C)(C)c4ccc(N(c5ccccc5)c5ccc(N(c6ccccc6)c6ccc(-c7ccc8c(c7)C(C)(CCCCCCCC)c7cc(C(C)(C)C(C)(C)C)ccc7-8)cc6)cc5)cc4)ccc2-3)cc1C. The molecule has 0 amide bonds. The first-order chi connectivity index (χ1) is 62.0. The summed E-state index contributed by atoms with van der Waals surface area (Å²) in [6.07, 6.45) is 25.0.